The third-order valence-corrected chi connectivity index (χ3v) is 5.32. The lowest BCUT2D eigenvalue weighted by Crippen LogP contribution is -2.33. The van der Waals surface area contributed by atoms with Crippen LogP contribution in [-0.2, 0) is 4.79 Å². The van der Waals surface area contributed by atoms with Gasteiger partial charge in [-0.15, -0.1) is 0 Å². The molecule has 31 heavy (non-hydrogen) atoms. The molecule has 0 fully saturated rings. The van der Waals surface area contributed by atoms with Gasteiger partial charge in [0.2, 0.25) is 0 Å². The molecule has 5 nitrogen and oxygen atoms in total. The van der Waals surface area contributed by atoms with E-state index < -0.39 is 5.82 Å². The fourth-order valence-electron chi connectivity index (χ4n) is 3.25. The second-order valence-electron chi connectivity index (χ2n) is 6.67. The third kappa shape index (κ3) is 4.09. The molecule has 0 N–H and O–H groups in total. The van der Waals surface area contributed by atoms with Crippen molar-refractivity contribution in [2.45, 2.75) is 0 Å². The van der Waals surface area contributed by atoms with Gasteiger partial charge in [0.05, 0.1) is 25.5 Å². The Kier molecular flexibility index (Phi) is 5.86. The minimum atomic E-state index is -0.459. The van der Waals surface area contributed by atoms with E-state index in [-0.39, 0.29) is 23.0 Å². The highest BCUT2D eigenvalue weighted by Crippen LogP contribution is 2.32. The average molecular weight is 481 g/mol. The Balaban J connectivity index is 1.85. The number of carbonyl (C=O) groups is 1. The Hall–Kier alpha value is -3.45. The number of benzene rings is 3. The zero-order valence-corrected chi connectivity index (χ0v) is 18.4. The number of anilines is 1. The molecule has 0 saturated heterocycles. The van der Waals surface area contributed by atoms with Gasteiger partial charge in [0.25, 0.3) is 5.91 Å². The standard InChI is InChI=1S/C24H18BrFN2O3/c1-30-18-12-7-15(22(14-18)31-2)13-21-24(29)28(17-10-8-16(25)9-11-17)23(27-21)19-5-3-4-6-20(19)26/h3-14H,1-2H3/b21-13+. The van der Waals surface area contributed by atoms with Crippen LogP contribution in [0.15, 0.2) is 81.9 Å². The van der Waals surface area contributed by atoms with Crippen molar-refractivity contribution in [1.82, 2.24) is 0 Å². The summed E-state index contributed by atoms with van der Waals surface area (Å²) in [4.78, 5) is 19.3. The van der Waals surface area contributed by atoms with Gasteiger partial charge < -0.3 is 9.47 Å². The maximum Gasteiger partial charge on any atom is 0.282 e. The van der Waals surface area contributed by atoms with E-state index in [9.17, 15) is 9.18 Å². The van der Waals surface area contributed by atoms with Gasteiger partial charge in [0.15, 0.2) is 5.84 Å². The predicted octanol–water partition coefficient (Wildman–Crippen LogP) is 5.44. The highest BCUT2D eigenvalue weighted by Gasteiger charge is 2.33. The molecule has 0 radical (unpaired) electrons. The summed E-state index contributed by atoms with van der Waals surface area (Å²) in [6, 6.07) is 18.7. The topological polar surface area (TPSA) is 51.1 Å². The number of methoxy groups -OCH3 is 2. The molecule has 1 aliphatic rings. The van der Waals surface area contributed by atoms with Crippen molar-refractivity contribution in [3.8, 4) is 11.5 Å². The van der Waals surface area contributed by atoms with Gasteiger partial charge in [-0.1, -0.05) is 28.1 Å². The van der Waals surface area contributed by atoms with Crippen LogP contribution in [0.25, 0.3) is 6.08 Å². The zero-order valence-electron chi connectivity index (χ0n) is 16.8. The van der Waals surface area contributed by atoms with Gasteiger partial charge in [-0.3, -0.25) is 9.69 Å². The molecule has 0 bridgehead atoms. The summed E-state index contributed by atoms with van der Waals surface area (Å²) < 4.78 is 26.1. The van der Waals surface area contributed by atoms with Gasteiger partial charge in [0, 0.05) is 16.1 Å². The first-order valence-corrected chi connectivity index (χ1v) is 10.2. The van der Waals surface area contributed by atoms with E-state index in [1.165, 1.54) is 18.1 Å². The third-order valence-electron chi connectivity index (χ3n) is 4.79. The number of amides is 1. The fourth-order valence-corrected chi connectivity index (χ4v) is 3.52. The van der Waals surface area contributed by atoms with Gasteiger partial charge in [0.1, 0.15) is 23.0 Å². The van der Waals surface area contributed by atoms with Crippen LogP contribution >= 0.6 is 15.9 Å². The lowest BCUT2D eigenvalue weighted by Gasteiger charge is -2.19. The molecule has 1 aliphatic heterocycles. The van der Waals surface area contributed by atoms with Crippen molar-refractivity contribution in [3.05, 3.63) is 93.8 Å². The maximum atomic E-state index is 14.6. The van der Waals surface area contributed by atoms with E-state index in [2.05, 4.69) is 20.9 Å². The number of aliphatic imine (C=N–C) groups is 1. The summed E-state index contributed by atoms with van der Waals surface area (Å²) >= 11 is 3.40. The summed E-state index contributed by atoms with van der Waals surface area (Å²) in [5.41, 5.74) is 1.65. The molecule has 0 aliphatic carbocycles. The fraction of sp³-hybridized carbons (Fsp3) is 0.0833. The van der Waals surface area contributed by atoms with Gasteiger partial charge in [-0.25, -0.2) is 9.38 Å². The van der Waals surface area contributed by atoms with Gasteiger partial charge >= 0.3 is 0 Å². The van der Waals surface area contributed by atoms with E-state index in [1.807, 2.05) is 12.1 Å². The number of amidine groups is 1. The normalized spacial score (nSPS) is 14.7. The Morgan fingerprint density at radius 1 is 1.00 bits per heavy atom. The number of carbonyl (C=O) groups excluding carboxylic acids is 1. The van der Waals surface area contributed by atoms with Crippen LogP contribution < -0.4 is 14.4 Å². The first kappa shape index (κ1) is 20.8. The van der Waals surface area contributed by atoms with Crippen LogP contribution in [0, 0.1) is 5.82 Å². The number of hydrogen-bond acceptors (Lipinski definition) is 4. The minimum Gasteiger partial charge on any atom is -0.497 e. The van der Waals surface area contributed by atoms with Crippen molar-refractivity contribution in [1.29, 1.82) is 0 Å². The molecule has 1 heterocycles. The number of nitrogens with zero attached hydrogens (tertiary/aromatic N) is 2. The van der Waals surface area contributed by atoms with Gasteiger partial charge in [-0.05, 0) is 54.6 Å². The van der Waals surface area contributed by atoms with Crippen molar-refractivity contribution in [3.63, 3.8) is 0 Å². The van der Waals surface area contributed by atoms with Crippen LogP contribution in [0.3, 0.4) is 0 Å². The van der Waals surface area contributed by atoms with E-state index in [0.29, 0.717) is 22.7 Å². The smallest absolute Gasteiger partial charge is 0.282 e. The van der Waals surface area contributed by atoms with Crippen molar-refractivity contribution in [2.24, 2.45) is 4.99 Å². The molecule has 7 heteroatoms. The van der Waals surface area contributed by atoms with E-state index >= 15 is 0 Å². The van der Waals surface area contributed by atoms with E-state index in [0.717, 1.165) is 4.47 Å². The number of rotatable bonds is 5. The average Bonchev–Trinajstić information content (AvgIpc) is 3.10. The zero-order chi connectivity index (χ0) is 22.0. The van der Waals surface area contributed by atoms with E-state index in [1.54, 1.807) is 61.7 Å². The molecule has 3 aromatic rings. The minimum absolute atomic E-state index is 0.171. The Bertz CT molecular complexity index is 1210. The molecule has 0 atom stereocenters. The summed E-state index contributed by atoms with van der Waals surface area (Å²) in [6.45, 7) is 0. The van der Waals surface area contributed by atoms with Crippen LogP contribution in [0.5, 0.6) is 11.5 Å². The summed E-state index contributed by atoms with van der Waals surface area (Å²) in [5.74, 6) is 0.565. The lowest BCUT2D eigenvalue weighted by atomic mass is 10.1. The van der Waals surface area contributed by atoms with Crippen LogP contribution in [0.1, 0.15) is 11.1 Å². The van der Waals surface area contributed by atoms with Crippen molar-refractivity contribution >= 4 is 39.4 Å². The summed E-state index contributed by atoms with van der Waals surface area (Å²) in [6.07, 6.45) is 1.63. The maximum absolute atomic E-state index is 14.6. The molecule has 3 aromatic carbocycles. The highest BCUT2D eigenvalue weighted by molar-refractivity contribution is 9.10. The Labute approximate surface area is 187 Å². The van der Waals surface area contributed by atoms with E-state index in [4.69, 9.17) is 9.47 Å². The monoisotopic (exact) mass is 480 g/mol. The van der Waals surface area contributed by atoms with Crippen LogP contribution in [0.2, 0.25) is 0 Å². The molecular weight excluding hydrogens is 463 g/mol. The SMILES string of the molecule is COc1ccc(/C=C2/N=C(c3ccccc3F)N(c3ccc(Br)cc3)C2=O)c(OC)c1. The predicted molar refractivity (Wildman–Crippen MR) is 122 cm³/mol. The highest BCUT2D eigenvalue weighted by atomic mass is 79.9. The molecule has 0 saturated carbocycles. The van der Waals surface area contributed by atoms with Crippen LogP contribution in [0.4, 0.5) is 10.1 Å². The second kappa shape index (κ2) is 8.73. The Morgan fingerprint density at radius 3 is 2.42 bits per heavy atom. The molecule has 4 rings (SSSR count). The summed E-state index contributed by atoms with van der Waals surface area (Å²) in [5, 5.41) is 0. The van der Waals surface area contributed by atoms with Crippen molar-refractivity contribution < 1.29 is 18.7 Å². The quantitative estimate of drug-likeness (QED) is 0.456. The van der Waals surface area contributed by atoms with Gasteiger partial charge in [-0.2, -0.15) is 0 Å². The molecule has 156 valence electrons. The first-order valence-electron chi connectivity index (χ1n) is 9.39. The lowest BCUT2D eigenvalue weighted by molar-refractivity contribution is -0.113. The molecule has 0 unspecified atom stereocenters. The molecule has 0 aromatic heterocycles. The molecule has 0 spiro atoms. The van der Waals surface area contributed by atoms with Crippen LogP contribution in [-0.4, -0.2) is 26.0 Å². The second-order valence-corrected chi connectivity index (χ2v) is 7.59. The number of halogens is 2. The largest absolute Gasteiger partial charge is 0.497 e. The molecule has 1 amide bonds. The molecular formula is C24H18BrFN2O3. The summed E-state index contributed by atoms with van der Waals surface area (Å²) in [7, 11) is 3.10. The number of ether oxygens (including phenoxy) is 2. The Morgan fingerprint density at radius 2 is 1.74 bits per heavy atom. The van der Waals surface area contributed by atoms with Crippen molar-refractivity contribution in [2.75, 3.05) is 19.1 Å². The number of hydrogen-bond donors (Lipinski definition) is 0. The first-order chi connectivity index (χ1) is 15.0.